The second-order valence-electron chi connectivity index (χ2n) is 5.94. The molecule has 1 aliphatic rings. The van der Waals surface area contributed by atoms with Gasteiger partial charge < -0.3 is 15.1 Å². The van der Waals surface area contributed by atoms with E-state index in [1.807, 2.05) is 18.4 Å². The van der Waals surface area contributed by atoms with Crippen LogP contribution < -0.4 is 10.2 Å². The van der Waals surface area contributed by atoms with E-state index in [1.165, 1.54) is 35.2 Å². The molecule has 20 heavy (non-hydrogen) atoms. The zero-order valence-corrected chi connectivity index (χ0v) is 14.1. The minimum atomic E-state index is 0.788. The monoisotopic (exact) mass is 296 g/mol. The molecule has 0 aromatic carbocycles. The maximum atomic E-state index is 4.87. The van der Waals surface area contributed by atoms with Gasteiger partial charge >= 0.3 is 0 Å². The standard InChI is InChI=1S/C15H28N4S/c1-5-6-13-14(9-16-2)20-15(17-13)19(4)11-12-7-8-18(3)10-12/h12,16H,5-11H2,1-4H3. The zero-order chi connectivity index (χ0) is 14.5. The molecule has 1 atom stereocenters. The largest absolute Gasteiger partial charge is 0.351 e. The molecule has 0 saturated carbocycles. The van der Waals surface area contributed by atoms with Crippen LogP contribution in [-0.4, -0.2) is 50.7 Å². The third-order valence-corrected chi connectivity index (χ3v) is 5.15. The summed E-state index contributed by atoms with van der Waals surface area (Å²) in [7, 11) is 6.41. The van der Waals surface area contributed by atoms with Crippen LogP contribution in [0.25, 0.3) is 0 Å². The van der Waals surface area contributed by atoms with E-state index in [9.17, 15) is 0 Å². The highest BCUT2D eigenvalue weighted by atomic mass is 32.1. The molecule has 114 valence electrons. The second-order valence-corrected chi connectivity index (χ2v) is 7.01. The van der Waals surface area contributed by atoms with Crippen LogP contribution in [0.1, 0.15) is 30.3 Å². The van der Waals surface area contributed by atoms with Gasteiger partial charge in [-0.25, -0.2) is 4.98 Å². The van der Waals surface area contributed by atoms with E-state index in [1.54, 1.807) is 0 Å². The summed E-state index contributed by atoms with van der Waals surface area (Å²) in [5.74, 6) is 0.788. The van der Waals surface area contributed by atoms with Gasteiger partial charge in [-0.3, -0.25) is 0 Å². The van der Waals surface area contributed by atoms with E-state index in [0.717, 1.165) is 31.8 Å². The average Bonchev–Trinajstić information content (AvgIpc) is 2.98. The first kappa shape index (κ1) is 15.7. The van der Waals surface area contributed by atoms with E-state index < -0.39 is 0 Å². The van der Waals surface area contributed by atoms with Gasteiger partial charge in [0.25, 0.3) is 0 Å². The summed E-state index contributed by atoms with van der Waals surface area (Å²) in [5.41, 5.74) is 1.29. The molecule has 0 bridgehead atoms. The number of rotatable bonds is 7. The molecule has 4 nitrogen and oxygen atoms in total. The van der Waals surface area contributed by atoms with Crippen molar-refractivity contribution in [3.63, 3.8) is 0 Å². The summed E-state index contributed by atoms with van der Waals surface area (Å²) in [6.07, 6.45) is 3.57. The molecule has 5 heteroatoms. The molecular weight excluding hydrogens is 268 g/mol. The number of nitrogens with one attached hydrogen (secondary N) is 1. The lowest BCUT2D eigenvalue weighted by Crippen LogP contribution is -2.27. The summed E-state index contributed by atoms with van der Waals surface area (Å²) in [4.78, 5) is 11.1. The number of likely N-dealkylation sites (tertiary alicyclic amines) is 1. The molecule has 1 fully saturated rings. The molecule has 1 saturated heterocycles. The van der Waals surface area contributed by atoms with Gasteiger partial charge in [0.1, 0.15) is 0 Å². The minimum absolute atomic E-state index is 0.788. The fourth-order valence-corrected chi connectivity index (χ4v) is 3.99. The van der Waals surface area contributed by atoms with E-state index in [-0.39, 0.29) is 0 Å². The van der Waals surface area contributed by atoms with Gasteiger partial charge in [-0.1, -0.05) is 13.3 Å². The van der Waals surface area contributed by atoms with Crippen LogP contribution in [0.2, 0.25) is 0 Å². The topological polar surface area (TPSA) is 31.4 Å². The van der Waals surface area contributed by atoms with Crippen molar-refractivity contribution in [2.45, 2.75) is 32.7 Å². The maximum absolute atomic E-state index is 4.87. The predicted octanol–water partition coefficient (Wildman–Crippen LogP) is 2.20. The normalized spacial score (nSPS) is 19.7. The van der Waals surface area contributed by atoms with Gasteiger partial charge in [0.2, 0.25) is 0 Å². The molecule has 2 heterocycles. The Morgan fingerprint density at radius 3 is 2.90 bits per heavy atom. The van der Waals surface area contributed by atoms with Gasteiger partial charge in [0, 0.05) is 31.6 Å². The summed E-state index contributed by atoms with van der Waals surface area (Å²) in [6, 6.07) is 0. The van der Waals surface area contributed by atoms with Crippen molar-refractivity contribution in [2.24, 2.45) is 5.92 Å². The Kier molecular flexibility index (Phi) is 5.81. The van der Waals surface area contributed by atoms with E-state index in [2.05, 4.69) is 36.1 Å². The van der Waals surface area contributed by atoms with Crippen LogP contribution in [0.15, 0.2) is 0 Å². The van der Waals surface area contributed by atoms with E-state index >= 15 is 0 Å². The van der Waals surface area contributed by atoms with Gasteiger partial charge in [0.15, 0.2) is 5.13 Å². The Balaban J connectivity index is 2.01. The molecule has 1 aliphatic heterocycles. The second kappa shape index (κ2) is 7.38. The smallest absolute Gasteiger partial charge is 0.185 e. The van der Waals surface area contributed by atoms with Gasteiger partial charge in [0.05, 0.1) is 5.69 Å². The van der Waals surface area contributed by atoms with Gasteiger partial charge in [-0.2, -0.15) is 0 Å². The summed E-state index contributed by atoms with van der Waals surface area (Å²) in [6.45, 7) is 6.75. The number of thiazole rings is 1. The van der Waals surface area contributed by atoms with Crippen LogP contribution >= 0.6 is 11.3 Å². The van der Waals surface area contributed by atoms with Crippen LogP contribution in [0, 0.1) is 5.92 Å². The third-order valence-electron chi connectivity index (χ3n) is 3.94. The maximum Gasteiger partial charge on any atom is 0.185 e. The molecule has 1 unspecified atom stereocenters. The van der Waals surface area contributed by atoms with Crippen LogP contribution in [0.3, 0.4) is 0 Å². The molecule has 0 amide bonds. The summed E-state index contributed by atoms with van der Waals surface area (Å²) < 4.78 is 0. The van der Waals surface area contributed by atoms with Crippen LogP contribution in [0.4, 0.5) is 5.13 Å². The molecule has 0 spiro atoms. The number of aryl methyl sites for hydroxylation is 1. The lowest BCUT2D eigenvalue weighted by atomic mass is 10.1. The zero-order valence-electron chi connectivity index (χ0n) is 13.3. The Morgan fingerprint density at radius 1 is 1.50 bits per heavy atom. The Labute approximate surface area is 127 Å². The number of nitrogens with zero attached hydrogens (tertiary/aromatic N) is 3. The predicted molar refractivity (Wildman–Crippen MR) is 87.7 cm³/mol. The molecule has 1 N–H and O–H groups in total. The summed E-state index contributed by atoms with van der Waals surface area (Å²) in [5, 5.41) is 4.45. The lowest BCUT2D eigenvalue weighted by Gasteiger charge is -2.20. The van der Waals surface area contributed by atoms with Crippen molar-refractivity contribution >= 4 is 16.5 Å². The van der Waals surface area contributed by atoms with E-state index in [4.69, 9.17) is 4.98 Å². The highest BCUT2D eigenvalue weighted by Gasteiger charge is 2.22. The first-order chi connectivity index (χ1) is 9.63. The first-order valence-electron chi connectivity index (χ1n) is 7.66. The summed E-state index contributed by atoms with van der Waals surface area (Å²) >= 11 is 1.86. The van der Waals surface area contributed by atoms with Crippen molar-refractivity contribution in [3.8, 4) is 0 Å². The molecule has 0 aliphatic carbocycles. The number of hydrogen-bond donors (Lipinski definition) is 1. The highest BCUT2D eigenvalue weighted by Crippen LogP contribution is 2.28. The average molecular weight is 296 g/mol. The number of anilines is 1. The number of aromatic nitrogens is 1. The van der Waals surface area contributed by atoms with Crippen molar-refractivity contribution in [1.29, 1.82) is 0 Å². The quantitative estimate of drug-likeness (QED) is 0.836. The minimum Gasteiger partial charge on any atom is -0.351 e. The van der Waals surface area contributed by atoms with Crippen molar-refractivity contribution in [2.75, 3.05) is 45.7 Å². The Bertz CT molecular complexity index is 395. The van der Waals surface area contributed by atoms with Crippen molar-refractivity contribution in [1.82, 2.24) is 15.2 Å². The fourth-order valence-electron chi connectivity index (χ4n) is 2.90. The van der Waals surface area contributed by atoms with Crippen molar-refractivity contribution < 1.29 is 0 Å². The Hall–Kier alpha value is -0.650. The molecule has 2 rings (SSSR count). The van der Waals surface area contributed by atoms with Crippen LogP contribution in [-0.2, 0) is 13.0 Å². The Morgan fingerprint density at radius 2 is 2.30 bits per heavy atom. The lowest BCUT2D eigenvalue weighted by molar-refractivity contribution is 0.396. The molecule has 1 aromatic heterocycles. The van der Waals surface area contributed by atoms with Crippen LogP contribution in [0.5, 0.6) is 0 Å². The SMILES string of the molecule is CCCc1nc(N(C)CC2CCN(C)C2)sc1CNC. The van der Waals surface area contributed by atoms with Gasteiger partial charge in [-0.05, 0) is 39.4 Å². The van der Waals surface area contributed by atoms with Crippen molar-refractivity contribution in [3.05, 3.63) is 10.6 Å². The molecule has 1 aromatic rings. The highest BCUT2D eigenvalue weighted by molar-refractivity contribution is 7.15. The molecular formula is C15H28N4S. The van der Waals surface area contributed by atoms with E-state index in [0.29, 0.717) is 0 Å². The first-order valence-corrected chi connectivity index (χ1v) is 8.48. The molecule has 0 radical (unpaired) electrons. The third kappa shape index (κ3) is 3.93. The van der Waals surface area contributed by atoms with Gasteiger partial charge in [-0.15, -0.1) is 11.3 Å². The number of hydrogen-bond acceptors (Lipinski definition) is 5. The fraction of sp³-hybridized carbons (Fsp3) is 0.800.